The van der Waals surface area contributed by atoms with E-state index >= 15 is 0 Å². The molecule has 0 saturated heterocycles. The number of thiophene rings is 1. The maximum atomic E-state index is 11.3. The zero-order chi connectivity index (χ0) is 14.3. The zero-order valence-corrected chi connectivity index (χ0v) is 12.2. The number of benzene rings is 1. The lowest BCUT2D eigenvalue weighted by molar-refractivity contribution is 0.0703. The number of carboxylic acid groups (broad SMARTS) is 1. The molecule has 1 aliphatic carbocycles. The minimum atomic E-state index is -0.936. The molecule has 20 heavy (non-hydrogen) atoms. The van der Waals surface area contributed by atoms with Crippen molar-refractivity contribution < 1.29 is 9.90 Å². The van der Waals surface area contributed by atoms with E-state index in [0.717, 1.165) is 35.3 Å². The molecule has 0 amide bonds. The fourth-order valence-corrected chi connectivity index (χ4v) is 4.08. The van der Waals surface area contributed by atoms with Crippen LogP contribution in [0.3, 0.4) is 0 Å². The van der Waals surface area contributed by atoms with Crippen molar-refractivity contribution in [3.05, 3.63) is 39.8 Å². The van der Waals surface area contributed by atoms with E-state index in [9.17, 15) is 9.90 Å². The predicted molar refractivity (Wildman–Crippen MR) is 82.5 cm³/mol. The summed E-state index contributed by atoms with van der Waals surface area (Å²) in [6, 6.07) is 6.48. The average Bonchev–Trinajstić information content (AvgIpc) is 3.01. The van der Waals surface area contributed by atoms with Gasteiger partial charge in [0.15, 0.2) is 0 Å². The first-order valence-electron chi connectivity index (χ1n) is 6.88. The van der Waals surface area contributed by atoms with E-state index in [1.54, 1.807) is 0 Å². The van der Waals surface area contributed by atoms with E-state index in [-0.39, 0.29) is 4.88 Å². The van der Waals surface area contributed by atoms with Gasteiger partial charge in [-0.05, 0) is 47.9 Å². The second kappa shape index (κ2) is 4.94. The van der Waals surface area contributed by atoms with Crippen LogP contribution in [0.4, 0.5) is 5.69 Å². The molecular weight excluding hydrogens is 270 g/mol. The smallest absolute Gasteiger partial charge is 0.348 e. The highest BCUT2D eigenvalue weighted by atomic mass is 32.1. The van der Waals surface area contributed by atoms with Gasteiger partial charge in [0.05, 0.1) is 5.69 Å². The van der Waals surface area contributed by atoms with Gasteiger partial charge in [0.1, 0.15) is 4.88 Å². The quantitative estimate of drug-likeness (QED) is 0.903. The molecule has 0 unspecified atom stereocenters. The van der Waals surface area contributed by atoms with E-state index < -0.39 is 5.97 Å². The Morgan fingerprint density at radius 1 is 1.35 bits per heavy atom. The molecule has 0 aliphatic heterocycles. The fourth-order valence-electron chi connectivity index (χ4n) is 2.93. The van der Waals surface area contributed by atoms with Crippen LogP contribution in [-0.2, 0) is 19.3 Å². The van der Waals surface area contributed by atoms with E-state index in [1.165, 1.54) is 28.9 Å². The molecule has 0 fully saturated rings. The Balaban J connectivity index is 2.14. The van der Waals surface area contributed by atoms with Gasteiger partial charge >= 0.3 is 5.97 Å². The molecule has 1 aromatic carbocycles. The van der Waals surface area contributed by atoms with Crippen molar-refractivity contribution in [2.45, 2.75) is 32.6 Å². The topological polar surface area (TPSA) is 63.3 Å². The summed E-state index contributed by atoms with van der Waals surface area (Å²) in [6.45, 7) is 2.01. The lowest BCUT2D eigenvalue weighted by atomic mass is 10.0. The molecule has 1 aromatic heterocycles. The maximum absolute atomic E-state index is 11.3. The number of carboxylic acids is 1. The first-order valence-corrected chi connectivity index (χ1v) is 7.70. The van der Waals surface area contributed by atoms with Crippen molar-refractivity contribution in [1.29, 1.82) is 0 Å². The molecule has 0 bridgehead atoms. The number of anilines is 1. The molecule has 3 N–H and O–H groups in total. The van der Waals surface area contributed by atoms with E-state index in [2.05, 4.69) is 18.2 Å². The first-order chi connectivity index (χ1) is 9.61. The second-order valence-electron chi connectivity index (χ2n) is 5.15. The Bertz CT molecular complexity index is 688. The number of nitrogens with two attached hydrogens (primary N) is 1. The third kappa shape index (κ3) is 2.00. The van der Waals surface area contributed by atoms with E-state index in [0.29, 0.717) is 5.69 Å². The summed E-state index contributed by atoms with van der Waals surface area (Å²) in [5.74, 6) is -0.936. The second-order valence-corrected chi connectivity index (χ2v) is 6.17. The third-order valence-electron chi connectivity index (χ3n) is 3.96. The Hall–Kier alpha value is -1.81. The monoisotopic (exact) mass is 287 g/mol. The summed E-state index contributed by atoms with van der Waals surface area (Å²) in [5.41, 5.74) is 11.3. The van der Waals surface area contributed by atoms with Crippen molar-refractivity contribution in [1.82, 2.24) is 0 Å². The lowest BCUT2D eigenvalue weighted by Crippen LogP contribution is -1.99. The highest BCUT2D eigenvalue weighted by Crippen LogP contribution is 2.40. The Labute approximate surface area is 122 Å². The van der Waals surface area contributed by atoms with Crippen molar-refractivity contribution >= 4 is 23.0 Å². The molecule has 0 spiro atoms. The van der Waals surface area contributed by atoms with E-state index in [1.807, 2.05) is 6.92 Å². The number of hydrogen-bond acceptors (Lipinski definition) is 3. The summed E-state index contributed by atoms with van der Waals surface area (Å²) in [4.78, 5) is 12.5. The van der Waals surface area contributed by atoms with E-state index in [4.69, 9.17) is 5.73 Å². The van der Waals surface area contributed by atoms with Crippen LogP contribution in [0, 0.1) is 0 Å². The highest BCUT2D eigenvalue weighted by molar-refractivity contribution is 7.18. The number of aryl methyl sites for hydroxylation is 2. The molecule has 104 valence electrons. The van der Waals surface area contributed by atoms with Gasteiger partial charge in [-0.1, -0.05) is 25.1 Å². The van der Waals surface area contributed by atoms with Gasteiger partial charge < -0.3 is 10.8 Å². The Morgan fingerprint density at radius 2 is 2.10 bits per heavy atom. The van der Waals surface area contributed by atoms with Crippen LogP contribution >= 0.6 is 11.3 Å². The van der Waals surface area contributed by atoms with Crippen LogP contribution in [0.25, 0.3) is 10.4 Å². The molecule has 1 heterocycles. The van der Waals surface area contributed by atoms with Crippen molar-refractivity contribution in [3.63, 3.8) is 0 Å². The van der Waals surface area contributed by atoms with Crippen LogP contribution in [0.15, 0.2) is 18.2 Å². The van der Waals surface area contributed by atoms with Crippen molar-refractivity contribution in [3.8, 4) is 10.4 Å². The molecule has 3 nitrogen and oxygen atoms in total. The number of fused-ring (bicyclic) bond motifs is 1. The largest absolute Gasteiger partial charge is 0.477 e. The summed E-state index contributed by atoms with van der Waals surface area (Å²) >= 11 is 1.29. The molecule has 0 radical (unpaired) electrons. The molecule has 1 aliphatic rings. The molecule has 3 rings (SSSR count). The van der Waals surface area contributed by atoms with Gasteiger partial charge in [-0.15, -0.1) is 11.3 Å². The van der Waals surface area contributed by atoms with Gasteiger partial charge in [0.25, 0.3) is 0 Å². The third-order valence-corrected chi connectivity index (χ3v) is 5.24. The molecule has 0 saturated carbocycles. The Morgan fingerprint density at radius 3 is 2.80 bits per heavy atom. The average molecular weight is 287 g/mol. The maximum Gasteiger partial charge on any atom is 0.348 e. The van der Waals surface area contributed by atoms with Gasteiger partial charge in [0.2, 0.25) is 0 Å². The molecule has 4 heteroatoms. The SMILES string of the molecule is CCc1c(-c2ccc3c(c2)CCC3)sc(C(=O)O)c1N. The molecule has 0 atom stereocenters. The minimum Gasteiger partial charge on any atom is -0.477 e. The lowest BCUT2D eigenvalue weighted by Gasteiger charge is -2.06. The highest BCUT2D eigenvalue weighted by Gasteiger charge is 2.21. The number of nitrogen functional groups attached to an aromatic ring is 1. The van der Waals surface area contributed by atoms with Crippen LogP contribution in [-0.4, -0.2) is 11.1 Å². The zero-order valence-electron chi connectivity index (χ0n) is 11.4. The first kappa shape index (κ1) is 13.2. The van der Waals surface area contributed by atoms with Crippen LogP contribution in [0.5, 0.6) is 0 Å². The summed E-state index contributed by atoms with van der Waals surface area (Å²) in [5, 5.41) is 9.23. The van der Waals surface area contributed by atoms with Crippen LogP contribution in [0.1, 0.15) is 39.7 Å². The van der Waals surface area contributed by atoms with Gasteiger partial charge in [-0.2, -0.15) is 0 Å². The normalized spacial score (nSPS) is 13.4. The van der Waals surface area contributed by atoms with Crippen LogP contribution in [0.2, 0.25) is 0 Å². The number of hydrogen-bond donors (Lipinski definition) is 2. The van der Waals surface area contributed by atoms with Crippen LogP contribution < -0.4 is 5.73 Å². The van der Waals surface area contributed by atoms with Crippen molar-refractivity contribution in [2.75, 3.05) is 5.73 Å². The van der Waals surface area contributed by atoms with Gasteiger partial charge in [-0.25, -0.2) is 4.79 Å². The number of carbonyl (C=O) groups is 1. The summed E-state index contributed by atoms with van der Waals surface area (Å²) in [7, 11) is 0. The number of aromatic carboxylic acids is 1. The number of rotatable bonds is 3. The molecule has 2 aromatic rings. The Kier molecular flexibility index (Phi) is 3.26. The van der Waals surface area contributed by atoms with Crippen molar-refractivity contribution in [2.24, 2.45) is 0 Å². The predicted octanol–water partition coefficient (Wildman–Crippen LogP) is 3.75. The fraction of sp³-hybridized carbons (Fsp3) is 0.312. The summed E-state index contributed by atoms with van der Waals surface area (Å²) in [6.07, 6.45) is 4.24. The molecular formula is C16H17NO2S. The summed E-state index contributed by atoms with van der Waals surface area (Å²) < 4.78 is 0. The standard InChI is InChI=1S/C16H17NO2S/c1-2-12-13(17)15(16(18)19)20-14(12)11-7-6-9-4-3-5-10(9)8-11/h6-8H,2-5,17H2,1H3,(H,18,19). The van der Waals surface area contributed by atoms with Gasteiger partial charge in [-0.3, -0.25) is 0 Å². The minimum absolute atomic E-state index is 0.261. The van der Waals surface area contributed by atoms with Gasteiger partial charge in [0, 0.05) is 4.88 Å².